The van der Waals surface area contributed by atoms with Gasteiger partial charge in [0.25, 0.3) is 0 Å². The van der Waals surface area contributed by atoms with Crippen molar-refractivity contribution >= 4 is 0 Å². The molecule has 0 aliphatic rings. The molecule has 0 saturated carbocycles. The van der Waals surface area contributed by atoms with Crippen LogP contribution in [0.2, 0.25) is 0 Å². The summed E-state index contributed by atoms with van der Waals surface area (Å²) in [5.41, 5.74) is -1.11. The predicted molar refractivity (Wildman–Crippen MR) is 87.0 cm³/mol. The van der Waals surface area contributed by atoms with Crippen molar-refractivity contribution in [3.05, 3.63) is 60.7 Å². The second-order valence-corrected chi connectivity index (χ2v) is 4.80. The molecule has 2 rings (SSSR count). The fraction of sp³-hybridized carbons (Fsp3) is 0.294. The highest BCUT2D eigenvalue weighted by Gasteiger charge is 2.26. The van der Waals surface area contributed by atoms with E-state index >= 15 is 0 Å². The Morgan fingerprint density at radius 3 is 0.870 bits per heavy atom. The molecule has 2 aromatic carbocycles. The van der Waals surface area contributed by atoms with Gasteiger partial charge in [0.2, 0.25) is 0 Å². The van der Waals surface area contributed by atoms with Crippen molar-refractivity contribution in [2.45, 2.75) is 0 Å². The maximum atomic E-state index is 8.63. The summed E-state index contributed by atoms with van der Waals surface area (Å²) < 4.78 is 0. The number of benzene rings is 2. The van der Waals surface area contributed by atoms with Gasteiger partial charge in [0.05, 0.1) is 31.8 Å². The molecule has 0 unspecified atom stereocenters. The number of para-hydroxylation sites is 2. The lowest BCUT2D eigenvalue weighted by atomic mass is 9.93. The van der Waals surface area contributed by atoms with Crippen LogP contribution in [0.5, 0.6) is 11.5 Å². The van der Waals surface area contributed by atoms with E-state index in [1.165, 1.54) is 0 Å². The largest absolute Gasteiger partial charge is 0.508 e. The van der Waals surface area contributed by atoms with Gasteiger partial charge < -0.3 is 30.6 Å². The first-order valence-corrected chi connectivity index (χ1v) is 6.95. The Balaban J connectivity index is 0.000000318. The molecule has 0 atom stereocenters. The second kappa shape index (κ2) is 12.4. The maximum Gasteiger partial charge on any atom is 0.115 e. The first-order valence-electron chi connectivity index (χ1n) is 6.95. The number of rotatable bonds is 4. The van der Waals surface area contributed by atoms with Crippen LogP contribution in [0.15, 0.2) is 60.7 Å². The van der Waals surface area contributed by atoms with Crippen LogP contribution in [0.4, 0.5) is 0 Å². The van der Waals surface area contributed by atoms with E-state index in [9.17, 15) is 0 Å². The van der Waals surface area contributed by atoms with Gasteiger partial charge in [0, 0.05) is 0 Å². The van der Waals surface area contributed by atoms with Crippen LogP contribution >= 0.6 is 0 Å². The molecule has 0 fully saturated rings. The van der Waals surface area contributed by atoms with Crippen LogP contribution < -0.4 is 0 Å². The van der Waals surface area contributed by atoms with Crippen LogP contribution in [0, 0.1) is 5.41 Å². The Labute approximate surface area is 135 Å². The third kappa shape index (κ3) is 9.49. The summed E-state index contributed by atoms with van der Waals surface area (Å²) in [6.07, 6.45) is 0. The van der Waals surface area contributed by atoms with Crippen molar-refractivity contribution in [1.82, 2.24) is 0 Å². The monoisotopic (exact) mass is 324 g/mol. The highest BCUT2D eigenvalue weighted by atomic mass is 16.3. The van der Waals surface area contributed by atoms with Gasteiger partial charge in [0.15, 0.2) is 0 Å². The maximum absolute atomic E-state index is 8.63. The number of phenols is 2. The van der Waals surface area contributed by atoms with Crippen molar-refractivity contribution in [3.8, 4) is 11.5 Å². The molecule has 0 aliphatic heterocycles. The lowest BCUT2D eigenvalue weighted by Crippen LogP contribution is -2.37. The molecule has 23 heavy (non-hydrogen) atoms. The summed E-state index contributed by atoms with van der Waals surface area (Å²) in [6, 6.07) is 17.4. The van der Waals surface area contributed by atoms with E-state index in [4.69, 9.17) is 30.6 Å². The van der Waals surface area contributed by atoms with E-state index in [2.05, 4.69) is 0 Å². The van der Waals surface area contributed by atoms with Gasteiger partial charge >= 0.3 is 0 Å². The van der Waals surface area contributed by atoms with E-state index in [0.29, 0.717) is 11.5 Å². The summed E-state index contributed by atoms with van der Waals surface area (Å²) in [6.45, 7) is -1.62. The quantitative estimate of drug-likeness (QED) is 0.493. The molecule has 0 radical (unpaired) electrons. The predicted octanol–water partition coefficient (Wildman–Crippen LogP) is 0.726. The minimum absolute atomic E-state index is 0.322. The van der Waals surface area contributed by atoms with Crippen LogP contribution in [-0.2, 0) is 0 Å². The van der Waals surface area contributed by atoms with E-state index < -0.39 is 31.8 Å². The zero-order valence-corrected chi connectivity index (χ0v) is 12.8. The number of aromatic hydroxyl groups is 2. The Morgan fingerprint density at radius 2 is 0.783 bits per heavy atom. The number of hydrogen-bond donors (Lipinski definition) is 6. The van der Waals surface area contributed by atoms with Crippen molar-refractivity contribution in [1.29, 1.82) is 0 Å². The van der Waals surface area contributed by atoms with Crippen molar-refractivity contribution in [3.63, 3.8) is 0 Å². The van der Waals surface area contributed by atoms with E-state index in [0.717, 1.165) is 0 Å². The number of aliphatic hydroxyl groups is 4. The summed E-state index contributed by atoms with van der Waals surface area (Å²) in [4.78, 5) is 0. The Kier molecular flexibility index (Phi) is 11.3. The minimum atomic E-state index is -1.11. The molecule has 0 heterocycles. The SMILES string of the molecule is OCC(CO)(CO)CO.Oc1ccccc1.Oc1ccccc1. The number of hydrogen-bond acceptors (Lipinski definition) is 6. The molecule has 0 aliphatic carbocycles. The number of phenolic OH excluding ortho intramolecular Hbond substituents is 2. The average molecular weight is 324 g/mol. The zero-order chi connectivity index (χ0) is 17.6. The van der Waals surface area contributed by atoms with Gasteiger partial charge in [-0.3, -0.25) is 0 Å². The molecule has 0 bridgehead atoms. The van der Waals surface area contributed by atoms with Gasteiger partial charge in [-0.15, -0.1) is 0 Å². The normalized spacial score (nSPS) is 9.91. The van der Waals surface area contributed by atoms with Gasteiger partial charge in [0.1, 0.15) is 11.5 Å². The summed E-state index contributed by atoms with van der Waals surface area (Å²) >= 11 is 0. The molecule has 6 heteroatoms. The molecular formula is C17H24O6. The van der Waals surface area contributed by atoms with E-state index in [-0.39, 0.29) is 0 Å². The molecule has 0 saturated heterocycles. The smallest absolute Gasteiger partial charge is 0.115 e. The van der Waals surface area contributed by atoms with Crippen molar-refractivity contribution in [2.75, 3.05) is 26.4 Å². The van der Waals surface area contributed by atoms with Gasteiger partial charge in [-0.05, 0) is 24.3 Å². The van der Waals surface area contributed by atoms with Gasteiger partial charge in [-0.2, -0.15) is 0 Å². The standard InChI is InChI=1S/2C6H6O.C5H12O4/c2*7-6-4-2-1-3-5-6;6-1-5(2-7,3-8)4-9/h2*1-5,7H;6-9H,1-4H2. The molecule has 6 nitrogen and oxygen atoms in total. The molecule has 2 aromatic rings. The van der Waals surface area contributed by atoms with E-state index in [1.54, 1.807) is 48.5 Å². The first-order chi connectivity index (χ1) is 11.0. The lowest BCUT2D eigenvalue weighted by Gasteiger charge is -2.23. The Hall–Kier alpha value is -2.12. The zero-order valence-electron chi connectivity index (χ0n) is 12.8. The minimum Gasteiger partial charge on any atom is -0.508 e. The van der Waals surface area contributed by atoms with Crippen LogP contribution in [0.3, 0.4) is 0 Å². The second-order valence-electron chi connectivity index (χ2n) is 4.80. The molecular weight excluding hydrogens is 300 g/mol. The van der Waals surface area contributed by atoms with E-state index in [1.807, 2.05) is 12.1 Å². The summed E-state index contributed by atoms with van der Waals surface area (Å²) in [7, 11) is 0. The average Bonchev–Trinajstić information content (AvgIpc) is 2.60. The van der Waals surface area contributed by atoms with Crippen LogP contribution in [-0.4, -0.2) is 57.1 Å². The Bertz CT molecular complexity index is 430. The molecule has 0 aromatic heterocycles. The highest BCUT2D eigenvalue weighted by Crippen LogP contribution is 2.11. The third-order valence-corrected chi connectivity index (χ3v) is 2.85. The lowest BCUT2D eigenvalue weighted by molar-refractivity contribution is -0.0328. The molecule has 6 N–H and O–H groups in total. The van der Waals surface area contributed by atoms with Crippen LogP contribution in [0.25, 0.3) is 0 Å². The third-order valence-electron chi connectivity index (χ3n) is 2.85. The number of aliphatic hydroxyl groups excluding tert-OH is 4. The first kappa shape index (κ1) is 20.9. The fourth-order valence-electron chi connectivity index (χ4n) is 1.16. The highest BCUT2D eigenvalue weighted by molar-refractivity contribution is 5.19. The fourth-order valence-corrected chi connectivity index (χ4v) is 1.16. The van der Waals surface area contributed by atoms with Crippen molar-refractivity contribution < 1.29 is 30.6 Å². The topological polar surface area (TPSA) is 121 Å². The molecule has 0 amide bonds. The van der Waals surface area contributed by atoms with Crippen LogP contribution in [0.1, 0.15) is 0 Å². The molecule has 0 spiro atoms. The van der Waals surface area contributed by atoms with Gasteiger partial charge in [-0.25, -0.2) is 0 Å². The van der Waals surface area contributed by atoms with Gasteiger partial charge in [-0.1, -0.05) is 36.4 Å². The van der Waals surface area contributed by atoms with Crippen molar-refractivity contribution in [2.24, 2.45) is 5.41 Å². The summed E-state index contributed by atoms with van der Waals surface area (Å²) in [5, 5.41) is 51.3. The Morgan fingerprint density at radius 1 is 0.522 bits per heavy atom. The summed E-state index contributed by atoms with van der Waals surface area (Å²) in [5.74, 6) is 0.644. The molecule has 128 valence electrons.